The molecule has 0 atom stereocenters. The van der Waals surface area contributed by atoms with Crippen LogP contribution in [0, 0.1) is 0 Å². The van der Waals surface area contributed by atoms with Crippen molar-refractivity contribution in [2.24, 2.45) is 0 Å². The minimum atomic E-state index is -0.582. The molecular weight excluding hydrogens is 715 g/mol. The van der Waals surface area contributed by atoms with Gasteiger partial charge < -0.3 is 13.9 Å². The van der Waals surface area contributed by atoms with Crippen LogP contribution in [0.2, 0.25) is 0 Å². The van der Waals surface area contributed by atoms with Gasteiger partial charge in [-0.3, -0.25) is 0 Å². The fourth-order valence-electron chi connectivity index (χ4n) is 8.92. The lowest BCUT2D eigenvalue weighted by Crippen LogP contribution is -2.28. The van der Waals surface area contributed by atoms with Crippen molar-refractivity contribution >= 4 is 21.9 Å². The summed E-state index contributed by atoms with van der Waals surface area (Å²) in [6, 6.07) is 64.5. The Balaban J connectivity index is 1.03. The van der Waals surface area contributed by atoms with Crippen molar-refractivity contribution in [3.8, 4) is 68.3 Å². The SMILES string of the molecule is c1ccc(-c2nc(-c3ccc4c(c3)oc3ccccc34)nc(-c3cccc4c3Oc3cc5c(cc3O4)-c3ccccc3C5(c3ccccc3)c3ccccc3)n2)cc1. The standard InChI is InChI=1S/C52H31N3O3/c1-4-15-32(16-5-1)49-53-50(33-27-28-38-37-22-11-13-25-43(37)56-45(38)29-33)55-51(54-49)39-23-14-26-44-48(39)58-47-31-42-40(30-46(47)57-44)36-21-10-12-24-41(36)52(42,34-17-6-2-7-18-34)35-19-8-3-9-20-35/h1-31H. The van der Waals surface area contributed by atoms with E-state index in [4.69, 9.17) is 28.8 Å². The molecule has 58 heavy (non-hydrogen) atoms. The van der Waals surface area contributed by atoms with Crippen molar-refractivity contribution in [2.75, 3.05) is 0 Å². The predicted molar refractivity (Wildman–Crippen MR) is 227 cm³/mol. The Morgan fingerprint density at radius 1 is 0.362 bits per heavy atom. The highest BCUT2D eigenvalue weighted by molar-refractivity contribution is 6.05. The summed E-state index contributed by atoms with van der Waals surface area (Å²) in [6.45, 7) is 0. The molecular formula is C52H31N3O3. The van der Waals surface area contributed by atoms with Gasteiger partial charge in [0, 0.05) is 21.9 Å². The maximum absolute atomic E-state index is 6.99. The highest BCUT2D eigenvalue weighted by Gasteiger charge is 2.47. The molecule has 8 aromatic carbocycles. The van der Waals surface area contributed by atoms with E-state index >= 15 is 0 Å². The number of para-hydroxylation sites is 2. The van der Waals surface area contributed by atoms with E-state index in [-0.39, 0.29) is 0 Å². The molecule has 1 aliphatic heterocycles. The fraction of sp³-hybridized carbons (Fsp3) is 0.0192. The number of aromatic nitrogens is 3. The molecule has 6 nitrogen and oxygen atoms in total. The molecule has 2 aromatic heterocycles. The Labute approximate surface area is 333 Å². The van der Waals surface area contributed by atoms with Gasteiger partial charge in [0.15, 0.2) is 40.5 Å². The maximum atomic E-state index is 6.99. The Morgan fingerprint density at radius 2 is 0.983 bits per heavy atom. The topological polar surface area (TPSA) is 70.3 Å². The van der Waals surface area contributed by atoms with E-state index in [0.29, 0.717) is 46.0 Å². The summed E-state index contributed by atoms with van der Waals surface area (Å²) in [6.07, 6.45) is 0. The van der Waals surface area contributed by atoms with Crippen LogP contribution in [0.5, 0.6) is 23.0 Å². The van der Waals surface area contributed by atoms with Gasteiger partial charge in [0.2, 0.25) is 0 Å². The van der Waals surface area contributed by atoms with Crippen molar-refractivity contribution in [1.29, 1.82) is 0 Å². The normalized spacial score (nSPS) is 13.2. The molecule has 0 N–H and O–H groups in total. The second-order valence-corrected chi connectivity index (χ2v) is 14.7. The summed E-state index contributed by atoms with van der Waals surface area (Å²) in [4.78, 5) is 15.2. The summed E-state index contributed by atoms with van der Waals surface area (Å²) in [5.74, 6) is 3.93. The number of hydrogen-bond donors (Lipinski definition) is 0. The van der Waals surface area contributed by atoms with Gasteiger partial charge in [-0.1, -0.05) is 146 Å². The summed E-state index contributed by atoms with van der Waals surface area (Å²) in [7, 11) is 0. The summed E-state index contributed by atoms with van der Waals surface area (Å²) < 4.78 is 20.0. The zero-order valence-electron chi connectivity index (χ0n) is 31.0. The molecule has 0 radical (unpaired) electrons. The molecule has 0 fully saturated rings. The van der Waals surface area contributed by atoms with Gasteiger partial charge in [-0.05, 0) is 75.8 Å². The Hall–Kier alpha value is -7.83. The monoisotopic (exact) mass is 745 g/mol. The second kappa shape index (κ2) is 12.6. The molecule has 0 bridgehead atoms. The van der Waals surface area contributed by atoms with Crippen LogP contribution in [0.1, 0.15) is 22.3 Å². The lowest BCUT2D eigenvalue weighted by molar-refractivity contribution is 0.360. The van der Waals surface area contributed by atoms with E-state index < -0.39 is 5.41 Å². The van der Waals surface area contributed by atoms with Gasteiger partial charge in [-0.15, -0.1) is 0 Å². The first-order valence-electron chi connectivity index (χ1n) is 19.3. The first-order chi connectivity index (χ1) is 28.7. The second-order valence-electron chi connectivity index (χ2n) is 14.7. The van der Waals surface area contributed by atoms with Crippen molar-refractivity contribution < 1.29 is 13.9 Å². The van der Waals surface area contributed by atoms with E-state index in [1.807, 2.05) is 78.9 Å². The van der Waals surface area contributed by atoms with Crippen LogP contribution >= 0.6 is 0 Å². The fourth-order valence-corrected chi connectivity index (χ4v) is 8.92. The molecule has 12 rings (SSSR count). The highest BCUT2D eigenvalue weighted by atomic mass is 16.6. The molecule has 0 saturated carbocycles. The minimum Gasteiger partial charge on any atom is -0.456 e. The lowest BCUT2D eigenvalue weighted by atomic mass is 9.67. The predicted octanol–water partition coefficient (Wildman–Crippen LogP) is 13.0. The molecule has 1 aliphatic carbocycles. The van der Waals surface area contributed by atoms with Gasteiger partial charge >= 0.3 is 0 Å². The van der Waals surface area contributed by atoms with Gasteiger partial charge in [-0.2, -0.15) is 0 Å². The number of benzene rings is 8. The van der Waals surface area contributed by atoms with Crippen LogP contribution < -0.4 is 9.47 Å². The van der Waals surface area contributed by atoms with E-state index in [0.717, 1.165) is 44.2 Å². The smallest absolute Gasteiger partial charge is 0.181 e. The van der Waals surface area contributed by atoms with Crippen molar-refractivity contribution in [3.05, 3.63) is 210 Å². The largest absolute Gasteiger partial charge is 0.456 e. The van der Waals surface area contributed by atoms with Crippen molar-refractivity contribution in [2.45, 2.75) is 5.41 Å². The average Bonchev–Trinajstić information content (AvgIpc) is 3.81. The average molecular weight is 746 g/mol. The maximum Gasteiger partial charge on any atom is 0.181 e. The molecule has 0 unspecified atom stereocenters. The van der Waals surface area contributed by atoms with E-state index in [1.165, 1.54) is 22.3 Å². The summed E-state index contributed by atoms with van der Waals surface area (Å²) in [5, 5.41) is 2.11. The Kier molecular flexibility index (Phi) is 7.04. The van der Waals surface area contributed by atoms with Crippen LogP contribution in [0.3, 0.4) is 0 Å². The number of furan rings is 1. The van der Waals surface area contributed by atoms with E-state index in [2.05, 4.69) is 109 Å². The third-order valence-corrected chi connectivity index (χ3v) is 11.5. The Bertz CT molecular complexity index is 3190. The lowest BCUT2D eigenvalue weighted by Gasteiger charge is -2.34. The minimum absolute atomic E-state index is 0.467. The quantitative estimate of drug-likeness (QED) is 0.175. The third kappa shape index (κ3) is 4.82. The zero-order chi connectivity index (χ0) is 38.2. The van der Waals surface area contributed by atoms with E-state index in [9.17, 15) is 0 Å². The Morgan fingerprint density at radius 3 is 1.78 bits per heavy atom. The summed E-state index contributed by atoms with van der Waals surface area (Å²) in [5.41, 5.74) is 10.4. The number of ether oxygens (including phenoxy) is 2. The molecule has 6 heteroatoms. The van der Waals surface area contributed by atoms with Crippen LogP contribution in [0.25, 0.3) is 67.2 Å². The van der Waals surface area contributed by atoms with Crippen LogP contribution in [-0.2, 0) is 5.41 Å². The third-order valence-electron chi connectivity index (χ3n) is 11.5. The first-order valence-corrected chi connectivity index (χ1v) is 19.3. The van der Waals surface area contributed by atoms with Crippen LogP contribution in [-0.4, -0.2) is 15.0 Å². The molecule has 0 saturated heterocycles. The van der Waals surface area contributed by atoms with Crippen molar-refractivity contribution in [1.82, 2.24) is 15.0 Å². The van der Waals surface area contributed by atoms with Crippen LogP contribution in [0.15, 0.2) is 192 Å². The van der Waals surface area contributed by atoms with Gasteiger partial charge in [0.1, 0.15) is 11.2 Å². The molecule has 2 aliphatic rings. The molecule has 3 heterocycles. The van der Waals surface area contributed by atoms with Gasteiger partial charge in [0.25, 0.3) is 0 Å². The molecule has 10 aromatic rings. The van der Waals surface area contributed by atoms with Gasteiger partial charge in [0.05, 0.1) is 11.0 Å². The molecule has 272 valence electrons. The molecule has 0 amide bonds. The van der Waals surface area contributed by atoms with Crippen molar-refractivity contribution in [3.63, 3.8) is 0 Å². The number of fused-ring (bicyclic) bond motifs is 8. The van der Waals surface area contributed by atoms with E-state index in [1.54, 1.807) is 0 Å². The van der Waals surface area contributed by atoms with Crippen LogP contribution in [0.4, 0.5) is 0 Å². The summed E-state index contributed by atoms with van der Waals surface area (Å²) >= 11 is 0. The molecule has 0 spiro atoms. The number of nitrogens with zero attached hydrogens (tertiary/aromatic N) is 3. The number of hydrogen-bond acceptors (Lipinski definition) is 6. The first kappa shape index (κ1) is 32.4. The number of rotatable bonds is 5. The highest BCUT2D eigenvalue weighted by Crippen LogP contribution is 2.60. The van der Waals surface area contributed by atoms with Gasteiger partial charge in [-0.25, -0.2) is 15.0 Å². The zero-order valence-corrected chi connectivity index (χ0v) is 31.0.